The number of nitrogens with one attached hydrogen (secondary N) is 1. The molecule has 0 bridgehead atoms. The fraction of sp³-hybridized carbons (Fsp3) is 0.929. The summed E-state index contributed by atoms with van der Waals surface area (Å²) in [7, 11) is 0. The summed E-state index contributed by atoms with van der Waals surface area (Å²) in [4.78, 5) is 14.1. The van der Waals surface area contributed by atoms with Gasteiger partial charge in [0.1, 0.15) is 0 Å². The summed E-state index contributed by atoms with van der Waals surface area (Å²) in [5, 5.41) is 3.30. The van der Waals surface area contributed by atoms with Crippen molar-refractivity contribution >= 4 is 5.91 Å². The summed E-state index contributed by atoms with van der Waals surface area (Å²) in [5.41, 5.74) is 5.35. The molecule has 1 amide bonds. The molecule has 0 saturated carbocycles. The van der Waals surface area contributed by atoms with E-state index >= 15 is 0 Å². The SMILES string of the molecule is CC(C)NC(C)(CCN1CCC(C)(C)C1)C(N)=O. The second kappa shape index (κ2) is 5.57. The molecule has 0 aromatic rings. The van der Waals surface area contributed by atoms with E-state index in [1.165, 1.54) is 6.42 Å². The molecule has 1 unspecified atom stereocenters. The zero-order valence-electron chi connectivity index (χ0n) is 12.5. The minimum Gasteiger partial charge on any atom is -0.368 e. The number of rotatable bonds is 6. The fourth-order valence-corrected chi connectivity index (χ4v) is 2.70. The molecule has 1 aliphatic heterocycles. The van der Waals surface area contributed by atoms with Gasteiger partial charge in [0, 0.05) is 19.1 Å². The molecule has 1 atom stereocenters. The van der Waals surface area contributed by atoms with E-state index < -0.39 is 5.54 Å². The van der Waals surface area contributed by atoms with Crippen molar-refractivity contribution in [3.63, 3.8) is 0 Å². The molecule has 1 aliphatic rings. The Morgan fingerprint density at radius 3 is 2.50 bits per heavy atom. The largest absolute Gasteiger partial charge is 0.368 e. The molecule has 1 rings (SSSR count). The zero-order valence-corrected chi connectivity index (χ0v) is 12.5. The van der Waals surface area contributed by atoms with Crippen molar-refractivity contribution in [2.24, 2.45) is 11.1 Å². The van der Waals surface area contributed by atoms with Crippen LogP contribution in [0.2, 0.25) is 0 Å². The van der Waals surface area contributed by atoms with Crippen molar-refractivity contribution in [1.82, 2.24) is 10.2 Å². The Kier molecular flexibility index (Phi) is 4.78. The van der Waals surface area contributed by atoms with Gasteiger partial charge < -0.3 is 16.0 Å². The Morgan fingerprint density at radius 2 is 2.11 bits per heavy atom. The molecule has 0 aliphatic carbocycles. The van der Waals surface area contributed by atoms with Crippen LogP contribution in [0.3, 0.4) is 0 Å². The lowest BCUT2D eigenvalue weighted by molar-refractivity contribution is -0.124. The summed E-state index contributed by atoms with van der Waals surface area (Å²) < 4.78 is 0. The maximum atomic E-state index is 11.6. The highest BCUT2D eigenvalue weighted by Gasteiger charge is 2.34. The van der Waals surface area contributed by atoms with Crippen LogP contribution in [-0.4, -0.2) is 42.0 Å². The normalized spacial score (nSPS) is 23.2. The Morgan fingerprint density at radius 1 is 1.50 bits per heavy atom. The predicted molar refractivity (Wildman–Crippen MR) is 75.3 cm³/mol. The molecule has 0 spiro atoms. The maximum Gasteiger partial charge on any atom is 0.237 e. The number of carbonyl (C=O) groups is 1. The van der Waals surface area contributed by atoms with E-state index in [9.17, 15) is 4.79 Å². The third-order valence-corrected chi connectivity index (χ3v) is 3.84. The third-order valence-electron chi connectivity index (χ3n) is 3.84. The van der Waals surface area contributed by atoms with Crippen LogP contribution < -0.4 is 11.1 Å². The minimum atomic E-state index is -0.596. The van der Waals surface area contributed by atoms with Gasteiger partial charge in [-0.2, -0.15) is 0 Å². The molecule has 4 nitrogen and oxygen atoms in total. The lowest BCUT2D eigenvalue weighted by Crippen LogP contribution is -2.56. The number of hydrogen-bond acceptors (Lipinski definition) is 3. The summed E-state index contributed by atoms with van der Waals surface area (Å²) in [5.74, 6) is -0.255. The van der Waals surface area contributed by atoms with Crippen LogP contribution >= 0.6 is 0 Å². The predicted octanol–water partition coefficient (Wildman–Crippen LogP) is 1.35. The quantitative estimate of drug-likeness (QED) is 0.753. The molecule has 1 heterocycles. The Hall–Kier alpha value is -0.610. The molecule has 0 radical (unpaired) electrons. The number of nitrogens with two attached hydrogens (primary N) is 1. The first kappa shape index (κ1) is 15.4. The zero-order chi connectivity index (χ0) is 14.0. The van der Waals surface area contributed by atoms with E-state index in [1.54, 1.807) is 0 Å². The Labute approximate surface area is 111 Å². The van der Waals surface area contributed by atoms with Gasteiger partial charge in [0.2, 0.25) is 5.91 Å². The first-order valence-corrected chi connectivity index (χ1v) is 6.95. The number of amides is 1. The van der Waals surface area contributed by atoms with Crippen LogP contribution in [0.5, 0.6) is 0 Å². The number of primary amides is 1. The van der Waals surface area contributed by atoms with E-state index in [2.05, 4.69) is 24.1 Å². The van der Waals surface area contributed by atoms with E-state index in [1.807, 2.05) is 20.8 Å². The Bertz CT molecular complexity index is 301. The molecule has 0 aromatic heterocycles. The van der Waals surface area contributed by atoms with Gasteiger partial charge in [-0.25, -0.2) is 0 Å². The van der Waals surface area contributed by atoms with Crippen molar-refractivity contribution in [1.29, 1.82) is 0 Å². The van der Waals surface area contributed by atoms with Crippen molar-refractivity contribution < 1.29 is 4.79 Å². The van der Waals surface area contributed by atoms with E-state index in [4.69, 9.17) is 5.73 Å². The van der Waals surface area contributed by atoms with Crippen LogP contribution in [0.25, 0.3) is 0 Å². The monoisotopic (exact) mass is 255 g/mol. The highest BCUT2D eigenvalue weighted by Crippen LogP contribution is 2.29. The molecule has 18 heavy (non-hydrogen) atoms. The van der Waals surface area contributed by atoms with Crippen LogP contribution in [0.1, 0.15) is 47.5 Å². The van der Waals surface area contributed by atoms with E-state index in [0.29, 0.717) is 5.41 Å². The van der Waals surface area contributed by atoms with Crippen LogP contribution in [-0.2, 0) is 4.79 Å². The molecule has 0 aromatic carbocycles. The van der Waals surface area contributed by atoms with Gasteiger partial charge in [-0.1, -0.05) is 13.8 Å². The number of nitrogens with zero attached hydrogens (tertiary/aromatic N) is 1. The lowest BCUT2D eigenvalue weighted by atomic mass is 9.93. The smallest absolute Gasteiger partial charge is 0.237 e. The Balaban J connectivity index is 2.51. The number of carbonyl (C=O) groups excluding carboxylic acids is 1. The van der Waals surface area contributed by atoms with Crippen molar-refractivity contribution in [3.05, 3.63) is 0 Å². The van der Waals surface area contributed by atoms with Gasteiger partial charge >= 0.3 is 0 Å². The highest BCUT2D eigenvalue weighted by atomic mass is 16.1. The fourth-order valence-electron chi connectivity index (χ4n) is 2.70. The molecule has 1 saturated heterocycles. The summed E-state index contributed by atoms with van der Waals surface area (Å²) >= 11 is 0. The molecule has 106 valence electrons. The second-order valence-electron chi connectivity index (χ2n) is 6.94. The number of likely N-dealkylation sites (tertiary alicyclic amines) is 1. The van der Waals surface area contributed by atoms with E-state index in [-0.39, 0.29) is 11.9 Å². The van der Waals surface area contributed by atoms with Gasteiger partial charge in [-0.05, 0) is 45.6 Å². The van der Waals surface area contributed by atoms with Crippen LogP contribution in [0.15, 0.2) is 0 Å². The van der Waals surface area contributed by atoms with Gasteiger partial charge in [-0.15, -0.1) is 0 Å². The van der Waals surface area contributed by atoms with Crippen molar-refractivity contribution in [2.45, 2.75) is 59.0 Å². The third kappa shape index (κ3) is 4.25. The van der Waals surface area contributed by atoms with Gasteiger partial charge in [-0.3, -0.25) is 4.79 Å². The molecule has 4 heteroatoms. The molecule has 3 N–H and O–H groups in total. The summed E-state index contributed by atoms with van der Waals surface area (Å²) in [6.45, 7) is 13.8. The highest BCUT2D eigenvalue weighted by molar-refractivity contribution is 5.84. The maximum absolute atomic E-state index is 11.6. The average molecular weight is 255 g/mol. The van der Waals surface area contributed by atoms with Gasteiger partial charge in [0.15, 0.2) is 0 Å². The van der Waals surface area contributed by atoms with Gasteiger partial charge in [0.25, 0.3) is 0 Å². The molecular formula is C14H29N3O. The topological polar surface area (TPSA) is 58.4 Å². The van der Waals surface area contributed by atoms with E-state index in [0.717, 1.165) is 26.1 Å². The van der Waals surface area contributed by atoms with Crippen molar-refractivity contribution in [3.8, 4) is 0 Å². The summed E-state index contributed by atoms with van der Waals surface area (Å²) in [6, 6.07) is 0.262. The molecular weight excluding hydrogens is 226 g/mol. The second-order valence-corrected chi connectivity index (χ2v) is 6.94. The lowest BCUT2D eigenvalue weighted by Gasteiger charge is -2.32. The van der Waals surface area contributed by atoms with Crippen molar-refractivity contribution in [2.75, 3.05) is 19.6 Å². The standard InChI is InChI=1S/C14H29N3O/c1-11(2)16-14(5,12(15)18)7-9-17-8-6-13(3,4)10-17/h11,16H,6-10H2,1-5H3,(H2,15,18). The van der Waals surface area contributed by atoms with Crippen LogP contribution in [0, 0.1) is 5.41 Å². The van der Waals surface area contributed by atoms with Gasteiger partial charge in [0.05, 0.1) is 5.54 Å². The summed E-state index contributed by atoms with van der Waals surface area (Å²) in [6.07, 6.45) is 2.01. The minimum absolute atomic E-state index is 0.255. The van der Waals surface area contributed by atoms with Crippen LogP contribution in [0.4, 0.5) is 0 Å². The first-order valence-electron chi connectivity index (χ1n) is 6.95. The molecule has 1 fully saturated rings. The average Bonchev–Trinajstić information content (AvgIpc) is 2.54. The number of hydrogen-bond donors (Lipinski definition) is 2. The first-order chi connectivity index (χ1) is 8.15.